The Labute approximate surface area is 315 Å². The average Bonchev–Trinajstić information content (AvgIpc) is 3.38. The summed E-state index contributed by atoms with van der Waals surface area (Å²) in [5, 5.41) is 2.39. The van der Waals surface area contributed by atoms with Crippen LogP contribution in [0.5, 0.6) is 11.5 Å². The average molecular weight is 690 g/mol. The molecule has 0 unspecified atom stereocenters. The fourth-order valence-corrected chi connectivity index (χ4v) is 7.77. The van der Waals surface area contributed by atoms with Gasteiger partial charge < -0.3 is 9.64 Å². The number of benzene rings is 9. The van der Waals surface area contributed by atoms with E-state index in [4.69, 9.17) is 4.74 Å². The lowest BCUT2D eigenvalue weighted by atomic mass is 9.90. The lowest BCUT2D eigenvalue weighted by Crippen LogP contribution is -2.10. The monoisotopic (exact) mass is 689 g/mol. The van der Waals surface area contributed by atoms with Crippen molar-refractivity contribution in [1.29, 1.82) is 0 Å². The van der Waals surface area contributed by atoms with Crippen molar-refractivity contribution in [2.75, 3.05) is 4.90 Å². The lowest BCUT2D eigenvalue weighted by Gasteiger charge is -2.27. The Morgan fingerprint density at radius 2 is 0.722 bits per heavy atom. The van der Waals surface area contributed by atoms with E-state index in [0.717, 1.165) is 61.9 Å². The summed E-state index contributed by atoms with van der Waals surface area (Å²) in [6.45, 7) is 0. The number of nitrogens with zero attached hydrogens (tertiary/aromatic N) is 1. The van der Waals surface area contributed by atoms with Gasteiger partial charge in [0.15, 0.2) is 0 Å². The number of ether oxygens (including phenoxy) is 1. The third kappa shape index (κ3) is 5.71. The van der Waals surface area contributed by atoms with Gasteiger partial charge in [-0.3, -0.25) is 0 Å². The van der Waals surface area contributed by atoms with Crippen LogP contribution in [0.2, 0.25) is 0 Å². The number of anilines is 3. The number of fused-ring (bicyclic) bond motifs is 6. The molecular weight excluding hydrogens is 655 g/mol. The van der Waals surface area contributed by atoms with Gasteiger partial charge in [-0.15, -0.1) is 0 Å². The summed E-state index contributed by atoms with van der Waals surface area (Å²) in [5.41, 5.74) is 14.6. The van der Waals surface area contributed by atoms with E-state index in [1.807, 2.05) is 0 Å². The van der Waals surface area contributed by atoms with Gasteiger partial charge in [0.1, 0.15) is 11.5 Å². The molecule has 0 saturated heterocycles. The Hall–Kier alpha value is -7.16. The van der Waals surface area contributed by atoms with E-state index in [1.54, 1.807) is 0 Å². The molecule has 1 aliphatic rings. The van der Waals surface area contributed by atoms with E-state index in [2.05, 4.69) is 217 Å². The first-order valence-corrected chi connectivity index (χ1v) is 18.4. The van der Waals surface area contributed by atoms with Crippen LogP contribution in [0.1, 0.15) is 0 Å². The number of rotatable bonds is 6. The summed E-state index contributed by atoms with van der Waals surface area (Å²) in [7, 11) is 0. The van der Waals surface area contributed by atoms with Crippen LogP contribution in [0.3, 0.4) is 0 Å². The SMILES string of the molecule is c1ccc(-c2ccc(N(c3ccc(-c4ccccc4)cc3)c3ccc4c(c3)-c3cc5ccccc5cc3-c3cccc(-c5ccccc5)c3O4)cc2)cc1. The lowest BCUT2D eigenvalue weighted by molar-refractivity contribution is 0.489. The highest BCUT2D eigenvalue weighted by Gasteiger charge is 2.26. The van der Waals surface area contributed by atoms with Crippen LogP contribution in [-0.2, 0) is 0 Å². The highest BCUT2D eigenvalue weighted by molar-refractivity contribution is 6.02. The third-order valence-electron chi connectivity index (χ3n) is 10.5. The second-order valence-corrected chi connectivity index (χ2v) is 13.7. The molecule has 0 amide bonds. The van der Waals surface area contributed by atoms with Crippen molar-refractivity contribution in [3.8, 4) is 67.1 Å². The van der Waals surface area contributed by atoms with Crippen molar-refractivity contribution in [3.63, 3.8) is 0 Å². The third-order valence-corrected chi connectivity index (χ3v) is 10.5. The first kappa shape index (κ1) is 31.6. The summed E-state index contributed by atoms with van der Waals surface area (Å²) in [4.78, 5) is 2.35. The predicted molar refractivity (Wildman–Crippen MR) is 226 cm³/mol. The molecule has 54 heavy (non-hydrogen) atoms. The minimum Gasteiger partial charge on any atom is -0.455 e. The molecule has 0 bridgehead atoms. The van der Waals surface area contributed by atoms with Crippen LogP contribution in [0, 0.1) is 0 Å². The zero-order valence-corrected chi connectivity index (χ0v) is 29.6. The molecule has 0 fully saturated rings. The Kier molecular flexibility index (Phi) is 7.85. The topological polar surface area (TPSA) is 12.5 Å². The molecule has 0 aliphatic carbocycles. The fraction of sp³-hybridized carbons (Fsp3) is 0. The van der Waals surface area contributed by atoms with Gasteiger partial charge in [-0.05, 0) is 104 Å². The Bertz CT molecular complexity index is 2670. The summed E-state index contributed by atoms with van der Waals surface area (Å²) in [6, 6.07) is 75.7. The van der Waals surface area contributed by atoms with Crippen molar-refractivity contribution < 1.29 is 4.74 Å². The molecule has 2 nitrogen and oxygen atoms in total. The fourth-order valence-electron chi connectivity index (χ4n) is 7.77. The molecule has 1 aliphatic heterocycles. The van der Waals surface area contributed by atoms with Crippen molar-refractivity contribution in [3.05, 3.63) is 212 Å². The van der Waals surface area contributed by atoms with Crippen LogP contribution in [0.4, 0.5) is 17.1 Å². The molecule has 0 N–H and O–H groups in total. The largest absolute Gasteiger partial charge is 0.455 e. The molecule has 9 aromatic rings. The molecule has 10 rings (SSSR count). The zero-order chi connectivity index (χ0) is 35.8. The van der Waals surface area contributed by atoms with Crippen LogP contribution in [0.25, 0.3) is 66.4 Å². The highest BCUT2D eigenvalue weighted by Crippen LogP contribution is 2.52. The van der Waals surface area contributed by atoms with E-state index in [-0.39, 0.29) is 0 Å². The minimum atomic E-state index is 0.830. The van der Waals surface area contributed by atoms with Gasteiger partial charge in [0, 0.05) is 33.8 Å². The molecule has 0 spiro atoms. The highest BCUT2D eigenvalue weighted by atomic mass is 16.5. The molecule has 1 heterocycles. The molecule has 0 aromatic heterocycles. The number of hydrogen-bond donors (Lipinski definition) is 0. The van der Waals surface area contributed by atoms with Gasteiger partial charge in [-0.1, -0.05) is 158 Å². The normalized spacial score (nSPS) is 11.5. The molecule has 0 atom stereocenters. The second kappa shape index (κ2) is 13.4. The van der Waals surface area contributed by atoms with E-state index in [9.17, 15) is 0 Å². The maximum Gasteiger partial charge on any atom is 0.143 e. The quantitative estimate of drug-likeness (QED) is 0.172. The predicted octanol–water partition coefficient (Wildman–Crippen LogP) is 14.8. The smallest absolute Gasteiger partial charge is 0.143 e. The van der Waals surface area contributed by atoms with E-state index in [1.165, 1.54) is 33.0 Å². The van der Waals surface area contributed by atoms with Gasteiger partial charge in [0.2, 0.25) is 0 Å². The maximum atomic E-state index is 7.05. The molecule has 0 saturated carbocycles. The number of para-hydroxylation sites is 1. The van der Waals surface area contributed by atoms with Crippen molar-refractivity contribution in [2.24, 2.45) is 0 Å². The van der Waals surface area contributed by atoms with Crippen LogP contribution in [0.15, 0.2) is 212 Å². The summed E-state index contributed by atoms with van der Waals surface area (Å²) in [5.74, 6) is 1.70. The summed E-state index contributed by atoms with van der Waals surface area (Å²) < 4.78 is 7.05. The Balaban J connectivity index is 1.16. The zero-order valence-electron chi connectivity index (χ0n) is 29.6. The molecule has 254 valence electrons. The first-order valence-electron chi connectivity index (χ1n) is 18.4. The van der Waals surface area contributed by atoms with Gasteiger partial charge in [0.25, 0.3) is 0 Å². The van der Waals surface area contributed by atoms with Gasteiger partial charge >= 0.3 is 0 Å². The van der Waals surface area contributed by atoms with Gasteiger partial charge in [-0.25, -0.2) is 0 Å². The summed E-state index contributed by atoms with van der Waals surface area (Å²) in [6.07, 6.45) is 0. The van der Waals surface area contributed by atoms with Crippen LogP contribution >= 0.6 is 0 Å². The second-order valence-electron chi connectivity index (χ2n) is 13.7. The molecule has 9 aromatic carbocycles. The standard InChI is InChI=1S/C52H35NO/c1-4-13-36(14-5-1)38-23-27-43(28-24-38)53(44-29-25-39(26-30-44)37-15-6-2-7-16-37)45-31-32-51-50(35-45)49-34-42-20-11-10-19-41(42)33-48(49)47-22-12-21-46(52(47)54-51)40-17-8-3-9-18-40/h1-35H. The van der Waals surface area contributed by atoms with E-state index >= 15 is 0 Å². The van der Waals surface area contributed by atoms with Gasteiger partial charge in [0.05, 0.1) is 0 Å². The first-order chi connectivity index (χ1) is 26.8. The van der Waals surface area contributed by atoms with Crippen molar-refractivity contribution in [1.82, 2.24) is 0 Å². The van der Waals surface area contributed by atoms with Crippen molar-refractivity contribution in [2.45, 2.75) is 0 Å². The van der Waals surface area contributed by atoms with E-state index < -0.39 is 0 Å². The minimum absolute atomic E-state index is 0.830. The van der Waals surface area contributed by atoms with E-state index in [0.29, 0.717) is 0 Å². The van der Waals surface area contributed by atoms with Crippen LogP contribution < -0.4 is 9.64 Å². The van der Waals surface area contributed by atoms with Crippen molar-refractivity contribution >= 4 is 27.8 Å². The molecule has 0 radical (unpaired) electrons. The van der Waals surface area contributed by atoms with Crippen LogP contribution in [-0.4, -0.2) is 0 Å². The Morgan fingerprint density at radius 3 is 1.28 bits per heavy atom. The molecule has 2 heteroatoms. The Morgan fingerprint density at radius 1 is 0.278 bits per heavy atom. The molecular formula is C52H35NO. The number of hydrogen-bond acceptors (Lipinski definition) is 2. The van der Waals surface area contributed by atoms with Gasteiger partial charge in [-0.2, -0.15) is 0 Å². The maximum absolute atomic E-state index is 7.05. The summed E-state index contributed by atoms with van der Waals surface area (Å²) >= 11 is 0.